The molecular weight excluding hydrogens is 312 g/mol. The Morgan fingerprint density at radius 2 is 2.23 bits per heavy atom. The van der Waals surface area contributed by atoms with E-state index in [9.17, 15) is 18.3 Å². The third-order valence-electron chi connectivity index (χ3n) is 3.26. The topological polar surface area (TPSA) is 119 Å². The summed E-state index contributed by atoms with van der Waals surface area (Å²) in [6.45, 7) is 0.832. The van der Waals surface area contributed by atoms with Gasteiger partial charge in [0.25, 0.3) is 5.91 Å². The van der Waals surface area contributed by atoms with Gasteiger partial charge in [-0.05, 0) is 18.2 Å². The fraction of sp³-hybridized carbons (Fsp3) is 0.462. The maximum Gasteiger partial charge on any atom is 0.257 e. The molecule has 0 saturated carbocycles. The minimum Gasteiger partial charge on any atom is -0.496 e. The first-order valence-corrected chi connectivity index (χ1v) is 8.13. The molecule has 0 spiro atoms. The lowest BCUT2D eigenvalue weighted by atomic mass is 10.1. The molecule has 2 rings (SSSR count). The minimum absolute atomic E-state index is 0.0723. The minimum atomic E-state index is -3.93. The van der Waals surface area contributed by atoms with Gasteiger partial charge in [0.05, 0.1) is 36.9 Å². The molecule has 0 bridgehead atoms. The van der Waals surface area contributed by atoms with E-state index in [4.69, 9.17) is 14.6 Å². The largest absolute Gasteiger partial charge is 0.496 e. The Balaban J connectivity index is 2.38. The highest BCUT2D eigenvalue weighted by molar-refractivity contribution is 7.89. The molecule has 22 heavy (non-hydrogen) atoms. The van der Waals surface area contributed by atoms with Gasteiger partial charge in [-0.15, -0.1) is 0 Å². The molecule has 1 atom stereocenters. The number of primary sulfonamides is 1. The van der Waals surface area contributed by atoms with E-state index < -0.39 is 22.0 Å². The summed E-state index contributed by atoms with van der Waals surface area (Å²) in [4.78, 5) is 13.8. The molecule has 0 radical (unpaired) electrons. The average Bonchev–Trinajstić information content (AvgIpc) is 2.69. The Morgan fingerprint density at radius 3 is 2.86 bits per heavy atom. The van der Waals surface area contributed by atoms with Gasteiger partial charge in [-0.25, -0.2) is 13.6 Å². The molecule has 1 amide bonds. The summed E-state index contributed by atoms with van der Waals surface area (Å²) in [5.41, 5.74) is 0.0723. The number of nitrogens with two attached hydrogens (primary N) is 1. The summed E-state index contributed by atoms with van der Waals surface area (Å²) in [6, 6.07) is 3.82. The number of carbonyl (C=O) groups is 1. The standard InChI is InChI=1S/C13H18N2O6S/c1-20-12-3-2-10(22(14,18)19)6-11(12)13(17)15-4-5-21-8-9(16)7-15/h2-3,6,9,16H,4-5,7-8H2,1H3,(H2,14,18,19). The SMILES string of the molecule is COc1ccc(S(N)(=O)=O)cc1C(=O)N1CCOCC(O)C1. The van der Waals surface area contributed by atoms with Crippen LogP contribution in [0.15, 0.2) is 23.1 Å². The zero-order valence-corrected chi connectivity index (χ0v) is 12.9. The molecule has 1 fully saturated rings. The van der Waals surface area contributed by atoms with Crippen molar-refractivity contribution in [1.29, 1.82) is 0 Å². The van der Waals surface area contributed by atoms with Gasteiger partial charge in [-0.1, -0.05) is 0 Å². The second kappa shape index (κ2) is 6.61. The van der Waals surface area contributed by atoms with Gasteiger partial charge in [0.15, 0.2) is 0 Å². The average molecular weight is 330 g/mol. The van der Waals surface area contributed by atoms with Crippen molar-refractivity contribution in [3.05, 3.63) is 23.8 Å². The number of hydrogen-bond acceptors (Lipinski definition) is 6. The zero-order valence-electron chi connectivity index (χ0n) is 12.1. The first-order valence-electron chi connectivity index (χ1n) is 6.59. The highest BCUT2D eigenvalue weighted by Gasteiger charge is 2.25. The van der Waals surface area contributed by atoms with Gasteiger partial charge in [0, 0.05) is 13.1 Å². The number of benzene rings is 1. The Hall–Kier alpha value is -1.68. The van der Waals surface area contributed by atoms with E-state index in [1.165, 1.54) is 30.2 Å². The maximum absolute atomic E-state index is 12.6. The Kier molecular flexibility index (Phi) is 5.01. The molecule has 1 aliphatic heterocycles. The van der Waals surface area contributed by atoms with Crippen LogP contribution < -0.4 is 9.88 Å². The van der Waals surface area contributed by atoms with Crippen LogP contribution in [0.2, 0.25) is 0 Å². The first-order chi connectivity index (χ1) is 10.3. The number of amides is 1. The van der Waals surface area contributed by atoms with Crippen LogP contribution in [0.1, 0.15) is 10.4 Å². The number of ether oxygens (including phenoxy) is 2. The van der Waals surface area contributed by atoms with Crippen molar-refractivity contribution < 1.29 is 27.8 Å². The number of methoxy groups -OCH3 is 1. The van der Waals surface area contributed by atoms with E-state index in [0.717, 1.165) is 0 Å². The second-order valence-electron chi connectivity index (χ2n) is 4.89. The van der Waals surface area contributed by atoms with Crippen molar-refractivity contribution in [3.8, 4) is 5.75 Å². The smallest absolute Gasteiger partial charge is 0.257 e. The van der Waals surface area contributed by atoms with E-state index in [2.05, 4.69) is 0 Å². The van der Waals surface area contributed by atoms with Gasteiger partial charge in [-0.3, -0.25) is 4.79 Å². The van der Waals surface area contributed by atoms with E-state index >= 15 is 0 Å². The molecule has 9 heteroatoms. The molecule has 122 valence electrons. The molecule has 1 aromatic rings. The summed E-state index contributed by atoms with van der Waals surface area (Å²) in [6.07, 6.45) is -0.793. The fourth-order valence-electron chi connectivity index (χ4n) is 2.18. The van der Waals surface area contributed by atoms with Gasteiger partial charge >= 0.3 is 0 Å². The number of nitrogens with zero attached hydrogens (tertiary/aromatic N) is 1. The number of carbonyl (C=O) groups excluding carboxylic acids is 1. The predicted molar refractivity (Wildman–Crippen MR) is 77.1 cm³/mol. The molecule has 3 N–H and O–H groups in total. The van der Waals surface area contributed by atoms with Gasteiger partial charge < -0.3 is 19.5 Å². The predicted octanol–water partition coefficient (Wildman–Crippen LogP) is -0.824. The lowest BCUT2D eigenvalue weighted by molar-refractivity contribution is 0.0533. The van der Waals surface area contributed by atoms with E-state index in [0.29, 0.717) is 13.2 Å². The molecule has 1 aliphatic rings. The molecule has 1 unspecified atom stereocenters. The van der Waals surface area contributed by atoms with Crippen LogP contribution in [-0.4, -0.2) is 63.8 Å². The number of aliphatic hydroxyl groups excluding tert-OH is 1. The summed E-state index contributed by atoms with van der Waals surface area (Å²) < 4.78 is 33.2. The summed E-state index contributed by atoms with van der Waals surface area (Å²) in [7, 11) is -2.55. The van der Waals surface area contributed by atoms with Crippen LogP contribution in [0.4, 0.5) is 0 Å². The third-order valence-corrected chi connectivity index (χ3v) is 4.18. The van der Waals surface area contributed by atoms with Crippen LogP contribution in [0.5, 0.6) is 5.75 Å². The number of aliphatic hydroxyl groups is 1. The van der Waals surface area contributed by atoms with Crippen molar-refractivity contribution >= 4 is 15.9 Å². The summed E-state index contributed by atoms with van der Waals surface area (Å²) in [5.74, 6) is -0.219. The number of hydrogen-bond donors (Lipinski definition) is 2. The van der Waals surface area contributed by atoms with Crippen LogP contribution in [-0.2, 0) is 14.8 Å². The van der Waals surface area contributed by atoms with E-state index in [1.54, 1.807) is 0 Å². The van der Waals surface area contributed by atoms with Crippen molar-refractivity contribution in [2.75, 3.05) is 33.4 Å². The number of β-amino-alcohol motifs (C(OH)–C–C–N with tert-alkyl or cyclic N) is 1. The summed E-state index contributed by atoms with van der Waals surface area (Å²) >= 11 is 0. The highest BCUT2D eigenvalue weighted by atomic mass is 32.2. The third kappa shape index (κ3) is 3.74. The first kappa shape index (κ1) is 16.7. The van der Waals surface area contributed by atoms with Crippen molar-refractivity contribution in [2.24, 2.45) is 5.14 Å². The van der Waals surface area contributed by atoms with Gasteiger partial charge in [0.1, 0.15) is 5.75 Å². The van der Waals surface area contributed by atoms with Crippen molar-refractivity contribution in [3.63, 3.8) is 0 Å². The molecule has 0 aliphatic carbocycles. The fourth-order valence-corrected chi connectivity index (χ4v) is 2.72. The van der Waals surface area contributed by atoms with Crippen LogP contribution >= 0.6 is 0 Å². The monoisotopic (exact) mass is 330 g/mol. The number of sulfonamides is 1. The van der Waals surface area contributed by atoms with Gasteiger partial charge in [-0.2, -0.15) is 0 Å². The van der Waals surface area contributed by atoms with Crippen molar-refractivity contribution in [2.45, 2.75) is 11.0 Å². The summed E-state index contributed by atoms with van der Waals surface area (Å²) in [5, 5.41) is 14.8. The molecule has 1 aromatic carbocycles. The van der Waals surface area contributed by atoms with Gasteiger partial charge in [0.2, 0.25) is 10.0 Å². The molecule has 0 aromatic heterocycles. The molecular formula is C13H18N2O6S. The quantitative estimate of drug-likeness (QED) is 0.747. The Morgan fingerprint density at radius 1 is 1.50 bits per heavy atom. The van der Waals surface area contributed by atoms with E-state index in [1.807, 2.05) is 0 Å². The lowest BCUT2D eigenvalue weighted by Gasteiger charge is -2.22. The van der Waals surface area contributed by atoms with Crippen LogP contribution in [0, 0.1) is 0 Å². The molecule has 1 heterocycles. The molecule has 1 saturated heterocycles. The van der Waals surface area contributed by atoms with Crippen LogP contribution in [0.3, 0.4) is 0 Å². The highest BCUT2D eigenvalue weighted by Crippen LogP contribution is 2.24. The molecule has 8 nitrogen and oxygen atoms in total. The lowest BCUT2D eigenvalue weighted by Crippen LogP contribution is -2.38. The Bertz CT molecular complexity index is 660. The Labute approximate surface area is 128 Å². The normalized spacial score (nSPS) is 19.6. The van der Waals surface area contributed by atoms with E-state index in [-0.39, 0.29) is 29.4 Å². The van der Waals surface area contributed by atoms with Crippen molar-refractivity contribution in [1.82, 2.24) is 4.90 Å². The second-order valence-corrected chi connectivity index (χ2v) is 6.45. The maximum atomic E-state index is 12.6. The number of rotatable bonds is 3. The zero-order chi connectivity index (χ0) is 16.3. The van der Waals surface area contributed by atoms with Crippen LogP contribution in [0.25, 0.3) is 0 Å².